The summed E-state index contributed by atoms with van der Waals surface area (Å²) in [5.41, 5.74) is 8.30. The van der Waals surface area contributed by atoms with Crippen LogP contribution in [0.2, 0.25) is 0 Å². The maximum absolute atomic E-state index is 8.96. The van der Waals surface area contributed by atoms with Crippen LogP contribution in [-0.2, 0) is 6.61 Å². The third-order valence-corrected chi connectivity index (χ3v) is 3.19. The molecule has 2 aromatic carbocycles. The number of nitriles is 1. The lowest BCUT2D eigenvalue weighted by molar-refractivity contribution is 0.296. The van der Waals surface area contributed by atoms with Gasteiger partial charge in [0.05, 0.1) is 18.7 Å². The standard InChI is InChI=1S/C17H18N2O2/c1-12(19)14-4-3-5-16(9-14)21-11-15-8-13(10-18)6-7-17(15)20-2/h3-9,12H,11,19H2,1-2H3. The summed E-state index contributed by atoms with van der Waals surface area (Å²) in [6, 6.07) is 15.0. The number of rotatable bonds is 5. The zero-order chi connectivity index (χ0) is 15.2. The Morgan fingerprint density at radius 3 is 2.71 bits per heavy atom. The van der Waals surface area contributed by atoms with E-state index in [9.17, 15) is 0 Å². The fourth-order valence-electron chi connectivity index (χ4n) is 2.01. The smallest absolute Gasteiger partial charge is 0.125 e. The molecule has 0 fully saturated rings. The molecule has 1 atom stereocenters. The van der Waals surface area contributed by atoms with Crippen molar-refractivity contribution in [3.8, 4) is 17.6 Å². The summed E-state index contributed by atoms with van der Waals surface area (Å²) in [6.45, 7) is 2.26. The van der Waals surface area contributed by atoms with Gasteiger partial charge in [0.25, 0.3) is 0 Å². The molecule has 4 heteroatoms. The highest BCUT2D eigenvalue weighted by Crippen LogP contribution is 2.23. The van der Waals surface area contributed by atoms with Crippen molar-refractivity contribution in [1.82, 2.24) is 0 Å². The fraction of sp³-hybridized carbons (Fsp3) is 0.235. The van der Waals surface area contributed by atoms with Crippen LogP contribution in [0.25, 0.3) is 0 Å². The third-order valence-electron chi connectivity index (χ3n) is 3.19. The van der Waals surface area contributed by atoms with E-state index in [2.05, 4.69) is 6.07 Å². The second-order valence-corrected chi connectivity index (χ2v) is 4.79. The largest absolute Gasteiger partial charge is 0.496 e. The van der Waals surface area contributed by atoms with Crippen LogP contribution in [0.4, 0.5) is 0 Å². The number of nitrogens with zero attached hydrogens (tertiary/aromatic N) is 1. The topological polar surface area (TPSA) is 68.3 Å². The zero-order valence-corrected chi connectivity index (χ0v) is 12.2. The van der Waals surface area contributed by atoms with Gasteiger partial charge in [-0.1, -0.05) is 12.1 Å². The van der Waals surface area contributed by atoms with Gasteiger partial charge in [-0.25, -0.2) is 0 Å². The summed E-state index contributed by atoms with van der Waals surface area (Å²) >= 11 is 0. The molecule has 0 spiro atoms. The second-order valence-electron chi connectivity index (χ2n) is 4.79. The van der Waals surface area contributed by atoms with E-state index in [1.54, 1.807) is 25.3 Å². The maximum atomic E-state index is 8.96. The van der Waals surface area contributed by atoms with Crippen LogP contribution in [0.3, 0.4) is 0 Å². The quantitative estimate of drug-likeness (QED) is 0.914. The average Bonchev–Trinajstić information content (AvgIpc) is 2.52. The van der Waals surface area contributed by atoms with E-state index in [1.165, 1.54) is 0 Å². The van der Waals surface area contributed by atoms with E-state index in [4.69, 9.17) is 20.5 Å². The molecule has 1 unspecified atom stereocenters. The van der Waals surface area contributed by atoms with Crippen molar-refractivity contribution in [2.24, 2.45) is 5.73 Å². The summed E-state index contributed by atoms with van der Waals surface area (Å²) in [7, 11) is 1.60. The van der Waals surface area contributed by atoms with Gasteiger partial charge in [0.15, 0.2) is 0 Å². The third kappa shape index (κ3) is 3.74. The first-order chi connectivity index (χ1) is 10.1. The first-order valence-corrected chi connectivity index (χ1v) is 6.69. The summed E-state index contributed by atoms with van der Waals surface area (Å²) in [4.78, 5) is 0. The highest BCUT2D eigenvalue weighted by Gasteiger charge is 2.07. The van der Waals surface area contributed by atoms with Crippen molar-refractivity contribution in [1.29, 1.82) is 5.26 Å². The molecule has 21 heavy (non-hydrogen) atoms. The molecule has 108 valence electrons. The number of benzene rings is 2. The Hall–Kier alpha value is -2.51. The minimum Gasteiger partial charge on any atom is -0.496 e. The van der Waals surface area contributed by atoms with Gasteiger partial charge in [-0.15, -0.1) is 0 Å². The molecule has 0 aliphatic rings. The molecule has 0 saturated heterocycles. The molecule has 0 aromatic heterocycles. The highest BCUT2D eigenvalue weighted by molar-refractivity contribution is 5.42. The maximum Gasteiger partial charge on any atom is 0.125 e. The summed E-state index contributed by atoms with van der Waals surface area (Å²) in [6.07, 6.45) is 0. The molecule has 4 nitrogen and oxygen atoms in total. The van der Waals surface area contributed by atoms with Crippen LogP contribution in [0.1, 0.15) is 29.7 Å². The Bertz CT molecular complexity index is 660. The predicted molar refractivity (Wildman–Crippen MR) is 81.1 cm³/mol. The van der Waals surface area contributed by atoms with Crippen LogP contribution >= 0.6 is 0 Å². The van der Waals surface area contributed by atoms with Gasteiger partial charge in [0, 0.05) is 11.6 Å². The lowest BCUT2D eigenvalue weighted by atomic mass is 10.1. The van der Waals surface area contributed by atoms with Crippen molar-refractivity contribution in [3.05, 3.63) is 59.2 Å². The minimum absolute atomic E-state index is 0.0370. The van der Waals surface area contributed by atoms with Gasteiger partial charge in [0.1, 0.15) is 18.1 Å². The molecule has 2 rings (SSSR count). The Morgan fingerprint density at radius 1 is 1.24 bits per heavy atom. The first-order valence-electron chi connectivity index (χ1n) is 6.69. The first kappa shape index (κ1) is 14.9. The van der Waals surface area contributed by atoms with E-state index in [-0.39, 0.29) is 6.04 Å². The molecule has 0 heterocycles. The van der Waals surface area contributed by atoms with Gasteiger partial charge >= 0.3 is 0 Å². The van der Waals surface area contributed by atoms with Crippen molar-refractivity contribution in [3.63, 3.8) is 0 Å². The van der Waals surface area contributed by atoms with Gasteiger partial charge in [-0.2, -0.15) is 5.26 Å². The zero-order valence-electron chi connectivity index (χ0n) is 12.2. The number of nitrogens with two attached hydrogens (primary N) is 1. The Balaban J connectivity index is 2.16. The van der Waals surface area contributed by atoms with Crippen LogP contribution < -0.4 is 15.2 Å². The Labute approximate surface area is 124 Å². The molecule has 0 radical (unpaired) electrons. The highest BCUT2D eigenvalue weighted by atomic mass is 16.5. The number of ether oxygens (including phenoxy) is 2. The second kappa shape index (κ2) is 6.78. The van der Waals surface area contributed by atoms with Crippen LogP contribution in [0, 0.1) is 11.3 Å². The molecule has 0 bridgehead atoms. The van der Waals surface area contributed by atoms with Gasteiger partial charge in [0.2, 0.25) is 0 Å². The Kier molecular flexibility index (Phi) is 4.81. The molecular formula is C17H18N2O2. The van der Waals surface area contributed by atoms with E-state index in [1.807, 2.05) is 31.2 Å². The lowest BCUT2D eigenvalue weighted by Crippen LogP contribution is -2.05. The predicted octanol–water partition coefficient (Wildman–Crippen LogP) is 3.17. The van der Waals surface area contributed by atoms with E-state index >= 15 is 0 Å². The molecule has 2 N–H and O–H groups in total. The van der Waals surface area contributed by atoms with Gasteiger partial charge < -0.3 is 15.2 Å². The molecular weight excluding hydrogens is 264 g/mol. The fourth-order valence-corrected chi connectivity index (χ4v) is 2.01. The van der Waals surface area contributed by atoms with E-state index in [0.717, 1.165) is 16.9 Å². The average molecular weight is 282 g/mol. The van der Waals surface area contributed by atoms with Crippen LogP contribution in [-0.4, -0.2) is 7.11 Å². The van der Waals surface area contributed by atoms with E-state index < -0.39 is 0 Å². The van der Waals surface area contributed by atoms with Crippen molar-refractivity contribution >= 4 is 0 Å². The van der Waals surface area contributed by atoms with Crippen LogP contribution in [0.5, 0.6) is 11.5 Å². The molecule has 0 saturated carbocycles. The SMILES string of the molecule is COc1ccc(C#N)cc1COc1cccc(C(C)N)c1. The molecule has 0 aliphatic carbocycles. The van der Waals surface area contributed by atoms with E-state index in [0.29, 0.717) is 17.9 Å². The van der Waals surface area contributed by atoms with Crippen molar-refractivity contribution in [2.45, 2.75) is 19.6 Å². The van der Waals surface area contributed by atoms with Crippen LogP contribution in [0.15, 0.2) is 42.5 Å². The van der Waals surface area contributed by atoms with Crippen molar-refractivity contribution < 1.29 is 9.47 Å². The molecule has 2 aromatic rings. The summed E-state index contributed by atoms with van der Waals surface area (Å²) < 4.78 is 11.1. The van der Waals surface area contributed by atoms with Crippen molar-refractivity contribution in [2.75, 3.05) is 7.11 Å². The number of hydrogen-bond acceptors (Lipinski definition) is 4. The minimum atomic E-state index is -0.0370. The number of methoxy groups -OCH3 is 1. The lowest BCUT2D eigenvalue weighted by Gasteiger charge is -2.12. The summed E-state index contributed by atoms with van der Waals surface area (Å²) in [5, 5.41) is 8.96. The number of hydrogen-bond donors (Lipinski definition) is 1. The summed E-state index contributed by atoms with van der Waals surface area (Å²) in [5.74, 6) is 1.45. The normalized spacial score (nSPS) is 11.5. The monoisotopic (exact) mass is 282 g/mol. The van der Waals surface area contributed by atoms with Gasteiger partial charge in [-0.3, -0.25) is 0 Å². The van der Waals surface area contributed by atoms with Gasteiger partial charge in [-0.05, 0) is 42.8 Å². The molecule has 0 aliphatic heterocycles. The molecule has 0 amide bonds. The Morgan fingerprint density at radius 2 is 2.05 bits per heavy atom.